The molecule has 1 atom stereocenters. The third-order valence-corrected chi connectivity index (χ3v) is 5.53. The number of carbonyl (C=O) groups is 2. The van der Waals surface area contributed by atoms with E-state index in [1.807, 2.05) is 36.6 Å². The summed E-state index contributed by atoms with van der Waals surface area (Å²) in [5.41, 5.74) is 1.99. The van der Waals surface area contributed by atoms with Crippen LogP contribution >= 0.6 is 11.3 Å². The topological polar surface area (TPSA) is 65.1 Å². The Hall–Kier alpha value is -2.54. The van der Waals surface area contributed by atoms with Crippen molar-refractivity contribution in [2.45, 2.75) is 32.4 Å². The molecule has 0 N–H and O–H groups in total. The number of benzene rings is 1. The third-order valence-electron chi connectivity index (χ3n) is 4.56. The standard InChI is InChI=1S/C20H23NO5S/c1-13-6-7-16(17(9-13)24-2)26-11-14-10-18(27-12-14)19(22)21-8-4-5-15(21)20(23)25-3/h6-7,9-10,12,15H,4-5,8,11H2,1-3H3. The molecule has 27 heavy (non-hydrogen) atoms. The van der Waals surface area contributed by atoms with Crippen LogP contribution in [0.1, 0.15) is 33.6 Å². The Morgan fingerprint density at radius 3 is 2.78 bits per heavy atom. The van der Waals surface area contributed by atoms with Crippen LogP contribution in [0.15, 0.2) is 29.6 Å². The maximum absolute atomic E-state index is 12.8. The number of rotatable bonds is 6. The highest BCUT2D eigenvalue weighted by molar-refractivity contribution is 7.12. The SMILES string of the molecule is COC(=O)C1CCCN1C(=O)c1cc(COc2ccc(C)cc2OC)cs1. The molecular weight excluding hydrogens is 366 g/mol. The van der Waals surface area contributed by atoms with E-state index < -0.39 is 6.04 Å². The largest absolute Gasteiger partial charge is 0.493 e. The van der Waals surface area contributed by atoms with E-state index in [0.717, 1.165) is 17.5 Å². The van der Waals surface area contributed by atoms with E-state index in [9.17, 15) is 9.59 Å². The van der Waals surface area contributed by atoms with Crippen molar-refractivity contribution >= 4 is 23.2 Å². The van der Waals surface area contributed by atoms with Gasteiger partial charge in [0.15, 0.2) is 11.5 Å². The Kier molecular flexibility index (Phi) is 6.01. The Morgan fingerprint density at radius 2 is 2.04 bits per heavy atom. The first kappa shape index (κ1) is 19.2. The van der Waals surface area contributed by atoms with Gasteiger partial charge >= 0.3 is 5.97 Å². The quantitative estimate of drug-likeness (QED) is 0.709. The Balaban J connectivity index is 1.66. The number of amides is 1. The van der Waals surface area contributed by atoms with E-state index >= 15 is 0 Å². The normalized spacial score (nSPS) is 16.3. The Labute approximate surface area is 162 Å². The second kappa shape index (κ2) is 8.43. The molecule has 1 fully saturated rings. The number of ether oxygens (including phenoxy) is 3. The van der Waals surface area contributed by atoms with E-state index in [1.165, 1.54) is 18.4 Å². The molecule has 0 aliphatic carbocycles. The van der Waals surface area contributed by atoms with Crippen LogP contribution in [0.25, 0.3) is 0 Å². The van der Waals surface area contributed by atoms with Gasteiger partial charge in [0, 0.05) is 12.1 Å². The van der Waals surface area contributed by atoms with Crippen LogP contribution in [-0.4, -0.2) is 43.6 Å². The summed E-state index contributed by atoms with van der Waals surface area (Å²) in [6.45, 7) is 2.90. The number of carbonyl (C=O) groups excluding carboxylic acids is 2. The molecule has 1 unspecified atom stereocenters. The zero-order valence-electron chi connectivity index (χ0n) is 15.7. The minimum atomic E-state index is -0.485. The van der Waals surface area contributed by atoms with E-state index in [4.69, 9.17) is 14.2 Å². The van der Waals surface area contributed by atoms with Crippen molar-refractivity contribution in [3.05, 3.63) is 45.6 Å². The maximum Gasteiger partial charge on any atom is 0.328 e. The number of aryl methyl sites for hydroxylation is 1. The number of hydrogen-bond donors (Lipinski definition) is 0. The lowest BCUT2D eigenvalue weighted by Gasteiger charge is -2.21. The molecule has 1 aromatic carbocycles. The van der Waals surface area contributed by atoms with Crippen molar-refractivity contribution < 1.29 is 23.8 Å². The molecule has 2 aromatic rings. The summed E-state index contributed by atoms with van der Waals surface area (Å²) in [7, 11) is 2.96. The van der Waals surface area contributed by atoms with Gasteiger partial charge in [0.1, 0.15) is 12.6 Å². The predicted molar refractivity (Wildman–Crippen MR) is 102 cm³/mol. The molecule has 7 heteroatoms. The van der Waals surface area contributed by atoms with Gasteiger partial charge in [0.2, 0.25) is 0 Å². The fourth-order valence-corrected chi connectivity index (χ4v) is 4.00. The lowest BCUT2D eigenvalue weighted by molar-refractivity contribution is -0.145. The second-order valence-electron chi connectivity index (χ2n) is 6.44. The molecule has 6 nitrogen and oxygen atoms in total. The molecule has 1 aromatic heterocycles. The maximum atomic E-state index is 12.8. The second-order valence-corrected chi connectivity index (χ2v) is 7.35. The van der Waals surface area contributed by atoms with Crippen molar-refractivity contribution in [3.63, 3.8) is 0 Å². The van der Waals surface area contributed by atoms with Crippen molar-refractivity contribution in [3.8, 4) is 11.5 Å². The number of esters is 1. The third kappa shape index (κ3) is 4.24. The summed E-state index contributed by atoms with van der Waals surface area (Å²) >= 11 is 1.36. The van der Waals surface area contributed by atoms with E-state index in [-0.39, 0.29) is 11.9 Å². The molecule has 0 saturated carbocycles. The van der Waals surface area contributed by atoms with Gasteiger partial charge in [-0.05, 0) is 48.9 Å². The smallest absolute Gasteiger partial charge is 0.328 e. The summed E-state index contributed by atoms with van der Waals surface area (Å²) in [6, 6.07) is 7.08. The highest BCUT2D eigenvalue weighted by atomic mass is 32.1. The first-order valence-corrected chi connectivity index (χ1v) is 9.65. The van der Waals surface area contributed by atoms with Crippen molar-refractivity contribution in [2.24, 2.45) is 0 Å². The molecule has 0 bridgehead atoms. The summed E-state index contributed by atoms with van der Waals surface area (Å²) in [5, 5.41) is 1.90. The van der Waals surface area contributed by atoms with Gasteiger partial charge in [-0.25, -0.2) is 4.79 Å². The molecule has 3 rings (SSSR count). The van der Waals surface area contributed by atoms with E-state index in [1.54, 1.807) is 12.0 Å². The number of likely N-dealkylation sites (tertiary alicyclic amines) is 1. The minimum absolute atomic E-state index is 0.132. The van der Waals surface area contributed by atoms with Crippen molar-refractivity contribution in [1.29, 1.82) is 0 Å². The Bertz CT molecular complexity index is 832. The minimum Gasteiger partial charge on any atom is -0.493 e. The first-order chi connectivity index (χ1) is 13.0. The molecule has 1 aliphatic rings. The van der Waals surface area contributed by atoms with Gasteiger partial charge in [-0.15, -0.1) is 11.3 Å². The number of thiophene rings is 1. The summed E-state index contributed by atoms with van der Waals surface area (Å²) in [5.74, 6) is 0.853. The van der Waals surface area contributed by atoms with E-state index in [2.05, 4.69) is 0 Å². The van der Waals surface area contributed by atoms with Gasteiger partial charge in [-0.3, -0.25) is 4.79 Å². The highest BCUT2D eigenvalue weighted by Gasteiger charge is 2.35. The molecule has 1 aliphatic heterocycles. The van der Waals surface area contributed by atoms with Crippen LogP contribution in [0.5, 0.6) is 11.5 Å². The monoisotopic (exact) mass is 389 g/mol. The zero-order chi connectivity index (χ0) is 19.4. The van der Waals surface area contributed by atoms with Crippen molar-refractivity contribution in [2.75, 3.05) is 20.8 Å². The molecule has 1 saturated heterocycles. The average Bonchev–Trinajstić information content (AvgIpc) is 3.35. The van der Waals surface area contributed by atoms with Crippen LogP contribution in [0.3, 0.4) is 0 Å². The molecule has 0 spiro atoms. The molecule has 0 radical (unpaired) electrons. The van der Waals surface area contributed by atoms with Gasteiger partial charge in [-0.2, -0.15) is 0 Å². The van der Waals surface area contributed by atoms with Crippen LogP contribution in [-0.2, 0) is 16.1 Å². The van der Waals surface area contributed by atoms with Crippen molar-refractivity contribution in [1.82, 2.24) is 4.90 Å². The molecule has 2 heterocycles. The van der Waals surface area contributed by atoms with Gasteiger partial charge < -0.3 is 19.1 Å². The molecule has 1 amide bonds. The van der Waals surface area contributed by atoms with Crippen LogP contribution < -0.4 is 9.47 Å². The van der Waals surface area contributed by atoms with Gasteiger partial charge in [0.05, 0.1) is 19.1 Å². The van der Waals surface area contributed by atoms with Gasteiger partial charge in [-0.1, -0.05) is 6.07 Å². The number of hydrogen-bond acceptors (Lipinski definition) is 6. The zero-order valence-corrected chi connectivity index (χ0v) is 16.5. The Morgan fingerprint density at radius 1 is 1.22 bits per heavy atom. The predicted octanol–water partition coefficient (Wildman–Crippen LogP) is 3.42. The lowest BCUT2D eigenvalue weighted by Crippen LogP contribution is -2.40. The van der Waals surface area contributed by atoms with Crippen LogP contribution in [0, 0.1) is 6.92 Å². The molecular formula is C20H23NO5S. The number of nitrogens with zero attached hydrogens (tertiary/aromatic N) is 1. The van der Waals surface area contributed by atoms with E-state index in [0.29, 0.717) is 35.9 Å². The lowest BCUT2D eigenvalue weighted by atomic mass is 10.2. The first-order valence-electron chi connectivity index (χ1n) is 8.77. The van der Waals surface area contributed by atoms with Gasteiger partial charge in [0.25, 0.3) is 5.91 Å². The van der Waals surface area contributed by atoms with Crippen LogP contribution in [0.4, 0.5) is 0 Å². The fraction of sp³-hybridized carbons (Fsp3) is 0.400. The highest BCUT2D eigenvalue weighted by Crippen LogP contribution is 2.29. The van der Waals surface area contributed by atoms with Crippen LogP contribution in [0.2, 0.25) is 0 Å². The molecule has 144 valence electrons. The fourth-order valence-electron chi connectivity index (χ4n) is 3.15. The summed E-state index contributed by atoms with van der Waals surface area (Å²) in [4.78, 5) is 26.8. The summed E-state index contributed by atoms with van der Waals surface area (Å²) < 4.78 is 16.0. The summed E-state index contributed by atoms with van der Waals surface area (Å²) in [6.07, 6.45) is 1.45. The number of methoxy groups -OCH3 is 2. The average molecular weight is 389 g/mol.